The topological polar surface area (TPSA) is 83.6 Å². The molecule has 0 amide bonds. The van der Waals surface area contributed by atoms with Crippen molar-refractivity contribution in [3.8, 4) is 5.88 Å². The second-order valence-electron chi connectivity index (χ2n) is 7.01. The van der Waals surface area contributed by atoms with Crippen LogP contribution in [0.1, 0.15) is 12.8 Å². The Morgan fingerprint density at radius 2 is 2.07 bits per heavy atom. The van der Waals surface area contributed by atoms with Gasteiger partial charge in [-0.3, -0.25) is 9.47 Å². The first-order chi connectivity index (χ1) is 13.7. The summed E-state index contributed by atoms with van der Waals surface area (Å²) in [6, 6.07) is 7.78. The molecule has 1 atom stereocenters. The van der Waals surface area contributed by atoms with Crippen LogP contribution in [0.5, 0.6) is 5.88 Å². The van der Waals surface area contributed by atoms with Crippen LogP contribution in [0.15, 0.2) is 34.5 Å². The van der Waals surface area contributed by atoms with Gasteiger partial charge in [-0.1, -0.05) is 18.2 Å². The van der Waals surface area contributed by atoms with Crippen molar-refractivity contribution in [1.82, 2.24) is 14.8 Å². The predicted octanol–water partition coefficient (Wildman–Crippen LogP) is 2.77. The van der Waals surface area contributed by atoms with Crippen LogP contribution in [-0.4, -0.2) is 65.2 Å². The van der Waals surface area contributed by atoms with Crippen LogP contribution in [0.3, 0.4) is 0 Å². The van der Waals surface area contributed by atoms with E-state index in [0.29, 0.717) is 37.2 Å². The van der Waals surface area contributed by atoms with Crippen LogP contribution < -0.4 is 5.32 Å². The average molecular weight is 404 g/mol. The zero-order chi connectivity index (χ0) is 19.3. The summed E-state index contributed by atoms with van der Waals surface area (Å²) in [6.07, 6.45) is 2.29. The van der Waals surface area contributed by atoms with Crippen molar-refractivity contribution in [2.45, 2.75) is 25.6 Å². The SMILES string of the molecule is Oc1c(N=NC(=S)NC[C@@H]2CCCO2)c2ccccc2n1CN1CCOCC1. The van der Waals surface area contributed by atoms with E-state index in [4.69, 9.17) is 21.7 Å². The lowest BCUT2D eigenvalue weighted by Gasteiger charge is -2.27. The Hall–Kier alpha value is -2.07. The third-order valence-corrected chi connectivity index (χ3v) is 5.33. The molecule has 0 saturated carbocycles. The van der Waals surface area contributed by atoms with Crippen LogP contribution in [0.2, 0.25) is 0 Å². The minimum atomic E-state index is 0.0957. The Labute approximate surface area is 169 Å². The highest BCUT2D eigenvalue weighted by molar-refractivity contribution is 7.80. The lowest BCUT2D eigenvalue weighted by atomic mass is 10.2. The van der Waals surface area contributed by atoms with Gasteiger partial charge in [-0.05, 0) is 31.1 Å². The Balaban J connectivity index is 1.51. The van der Waals surface area contributed by atoms with Gasteiger partial charge in [-0.2, -0.15) is 0 Å². The van der Waals surface area contributed by atoms with Gasteiger partial charge in [-0.15, -0.1) is 10.2 Å². The van der Waals surface area contributed by atoms with Gasteiger partial charge >= 0.3 is 0 Å². The molecule has 0 radical (unpaired) electrons. The number of para-hydroxylation sites is 1. The summed E-state index contributed by atoms with van der Waals surface area (Å²) in [6.45, 7) is 5.08. The third kappa shape index (κ3) is 4.33. The predicted molar refractivity (Wildman–Crippen MR) is 110 cm³/mol. The molecule has 2 saturated heterocycles. The first-order valence-corrected chi connectivity index (χ1v) is 10.0. The highest BCUT2D eigenvalue weighted by atomic mass is 32.1. The van der Waals surface area contributed by atoms with Gasteiger partial charge in [-0.25, -0.2) is 0 Å². The molecular formula is C19H25N5O3S. The summed E-state index contributed by atoms with van der Waals surface area (Å²) in [4.78, 5) is 2.24. The van der Waals surface area contributed by atoms with E-state index >= 15 is 0 Å². The molecule has 8 nitrogen and oxygen atoms in total. The first-order valence-electron chi connectivity index (χ1n) is 9.64. The number of rotatable bonds is 5. The van der Waals surface area contributed by atoms with Gasteiger partial charge in [0, 0.05) is 31.6 Å². The number of aromatic nitrogens is 1. The van der Waals surface area contributed by atoms with Crippen LogP contribution in [0, 0.1) is 0 Å². The van der Waals surface area contributed by atoms with E-state index in [2.05, 4.69) is 20.4 Å². The number of benzene rings is 1. The summed E-state index contributed by atoms with van der Waals surface area (Å²) in [5.41, 5.74) is 1.35. The number of thiocarbonyl (C=S) groups is 1. The van der Waals surface area contributed by atoms with Crippen LogP contribution in [0.25, 0.3) is 10.9 Å². The Morgan fingerprint density at radius 1 is 1.25 bits per heavy atom. The standard InChI is InChI=1S/C19H25N5O3S/c25-18-17(21-22-19(28)20-12-14-4-3-9-27-14)15-5-1-2-6-16(15)24(18)13-23-7-10-26-11-8-23/h1-2,5-6,14,25H,3-4,7-13H2,(H,20,28)/t14-/m0/s1. The molecule has 2 aliphatic heterocycles. The molecule has 1 aromatic heterocycles. The molecular weight excluding hydrogens is 378 g/mol. The highest BCUT2D eigenvalue weighted by Crippen LogP contribution is 2.39. The number of fused-ring (bicyclic) bond motifs is 1. The smallest absolute Gasteiger partial charge is 0.221 e. The summed E-state index contributed by atoms with van der Waals surface area (Å²) in [5, 5.41) is 23.4. The molecule has 1 aromatic carbocycles. The number of ether oxygens (including phenoxy) is 2. The van der Waals surface area contributed by atoms with Crippen LogP contribution >= 0.6 is 12.2 Å². The van der Waals surface area contributed by atoms with Crippen molar-refractivity contribution in [3.63, 3.8) is 0 Å². The molecule has 28 heavy (non-hydrogen) atoms. The number of hydrogen-bond donors (Lipinski definition) is 2. The van der Waals surface area contributed by atoms with E-state index in [1.54, 1.807) is 0 Å². The quantitative estimate of drug-likeness (QED) is 0.590. The largest absolute Gasteiger partial charge is 0.493 e. The number of aromatic hydroxyl groups is 1. The Bertz CT molecular complexity index is 857. The molecule has 150 valence electrons. The van der Waals surface area contributed by atoms with E-state index in [9.17, 15) is 5.11 Å². The zero-order valence-electron chi connectivity index (χ0n) is 15.7. The summed E-state index contributed by atoms with van der Waals surface area (Å²) in [5.74, 6) is 0.0957. The normalized spacial score (nSPS) is 20.9. The van der Waals surface area contributed by atoms with Gasteiger partial charge in [0.15, 0.2) is 5.69 Å². The van der Waals surface area contributed by atoms with E-state index < -0.39 is 0 Å². The maximum absolute atomic E-state index is 10.8. The molecule has 2 fully saturated rings. The highest BCUT2D eigenvalue weighted by Gasteiger charge is 2.20. The van der Waals surface area contributed by atoms with Crippen molar-refractivity contribution in [3.05, 3.63) is 24.3 Å². The van der Waals surface area contributed by atoms with Gasteiger partial charge in [0.25, 0.3) is 0 Å². The second-order valence-corrected chi connectivity index (χ2v) is 7.40. The summed E-state index contributed by atoms with van der Waals surface area (Å²) in [7, 11) is 0. The molecule has 2 N–H and O–H groups in total. The van der Waals surface area contributed by atoms with Crippen molar-refractivity contribution >= 4 is 33.9 Å². The average Bonchev–Trinajstić information content (AvgIpc) is 3.33. The van der Waals surface area contributed by atoms with Crippen molar-refractivity contribution in [2.75, 3.05) is 39.5 Å². The van der Waals surface area contributed by atoms with Gasteiger partial charge in [0.1, 0.15) is 0 Å². The number of morpholine rings is 1. The molecule has 2 aliphatic rings. The molecule has 9 heteroatoms. The zero-order valence-corrected chi connectivity index (χ0v) is 16.5. The van der Waals surface area contributed by atoms with E-state index in [1.165, 1.54) is 0 Å². The lowest BCUT2D eigenvalue weighted by Crippen LogP contribution is -2.37. The third-order valence-electron chi connectivity index (χ3n) is 5.11. The van der Waals surface area contributed by atoms with Gasteiger partial charge in [0.2, 0.25) is 11.0 Å². The minimum absolute atomic E-state index is 0.0957. The van der Waals surface area contributed by atoms with Crippen LogP contribution in [-0.2, 0) is 16.1 Å². The van der Waals surface area contributed by atoms with Gasteiger partial charge in [0.05, 0.1) is 31.5 Å². The molecule has 4 rings (SSSR count). The maximum atomic E-state index is 10.8. The number of hydrogen-bond acceptors (Lipinski definition) is 6. The van der Waals surface area contributed by atoms with Crippen molar-refractivity contribution in [1.29, 1.82) is 0 Å². The molecule has 0 bridgehead atoms. The monoisotopic (exact) mass is 403 g/mol. The fourth-order valence-electron chi connectivity index (χ4n) is 3.59. The molecule has 0 unspecified atom stereocenters. The van der Waals surface area contributed by atoms with Crippen molar-refractivity contribution in [2.24, 2.45) is 10.2 Å². The number of azo groups is 1. The molecule has 3 heterocycles. The molecule has 2 aromatic rings. The van der Waals surface area contributed by atoms with E-state index in [1.807, 2.05) is 28.8 Å². The van der Waals surface area contributed by atoms with Gasteiger partial charge < -0.3 is 19.9 Å². The fraction of sp³-hybridized carbons (Fsp3) is 0.526. The summed E-state index contributed by atoms with van der Waals surface area (Å²) >= 11 is 5.25. The number of nitrogens with zero attached hydrogens (tertiary/aromatic N) is 4. The Morgan fingerprint density at radius 3 is 2.86 bits per heavy atom. The summed E-state index contributed by atoms with van der Waals surface area (Å²) < 4.78 is 12.8. The number of nitrogens with one attached hydrogen (secondary N) is 1. The second kappa shape index (κ2) is 8.95. The van der Waals surface area contributed by atoms with Crippen molar-refractivity contribution < 1.29 is 14.6 Å². The van der Waals surface area contributed by atoms with Crippen LogP contribution in [0.4, 0.5) is 5.69 Å². The lowest BCUT2D eigenvalue weighted by molar-refractivity contribution is 0.0231. The Kier molecular flexibility index (Phi) is 6.16. The maximum Gasteiger partial charge on any atom is 0.221 e. The fourth-order valence-corrected chi connectivity index (χ4v) is 3.72. The van der Waals surface area contributed by atoms with E-state index in [0.717, 1.165) is 43.4 Å². The molecule has 0 aliphatic carbocycles. The minimum Gasteiger partial charge on any atom is -0.493 e. The first kappa shape index (κ1) is 19.3. The van der Waals surface area contributed by atoms with E-state index in [-0.39, 0.29) is 12.0 Å². The molecule has 0 spiro atoms.